The fourth-order valence-corrected chi connectivity index (χ4v) is 1.15. The summed E-state index contributed by atoms with van der Waals surface area (Å²) in [6, 6.07) is 0. The van der Waals surface area contributed by atoms with E-state index in [4.69, 9.17) is 5.11 Å². The van der Waals surface area contributed by atoms with Gasteiger partial charge in [0.25, 0.3) is 0 Å². The molecule has 1 heterocycles. The molecular formula is C9H17N3O. The van der Waals surface area contributed by atoms with Gasteiger partial charge in [0.2, 0.25) is 0 Å². The molecule has 1 aromatic rings. The minimum absolute atomic E-state index is 0.267. The van der Waals surface area contributed by atoms with E-state index in [1.54, 1.807) is 6.20 Å². The maximum Gasteiger partial charge on any atom is 0.120 e. The standard InChI is InChI=1S/C9H17N3O/c1-8(2-5-13)6-10-7-9-11-3-4-12-9/h3-4,8,10,13H,2,5-7H2,1H3,(H,11,12). The van der Waals surface area contributed by atoms with Gasteiger partial charge in [-0.3, -0.25) is 0 Å². The first-order chi connectivity index (χ1) is 6.33. The summed E-state index contributed by atoms with van der Waals surface area (Å²) < 4.78 is 0. The molecule has 1 rings (SSSR count). The number of aliphatic hydroxyl groups is 1. The van der Waals surface area contributed by atoms with Gasteiger partial charge in [-0.25, -0.2) is 4.98 Å². The minimum Gasteiger partial charge on any atom is -0.396 e. The molecule has 0 aromatic carbocycles. The van der Waals surface area contributed by atoms with Crippen LogP contribution in [0.4, 0.5) is 0 Å². The second-order valence-electron chi connectivity index (χ2n) is 3.28. The van der Waals surface area contributed by atoms with Gasteiger partial charge < -0.3 is 15.4 Å². The smallest absolute Gasteiger partial charge is 0.120 e. The van der Waals surface area contributed by atoms with Crippen molar-refractivity contribution >= 4 is 0 Å². The average molecular weight is 183 g/mol. The van der Waals surface area contributed by atoms with E-state index in [9.17, 15) is 0 Å². The van der Waals surface area contributed by atoms with Gasteiger partial charge in [0.15, 0.2) is 0 Å². The zero-order chi connectivity index (χ0) is 9.52. The van der Waals surface area contributed by atoms with Crippen molar-refractivity contribution in [3.63, 3.8) is 0 Å². The number of imidazole rings is 1. The van der Waals surface area contributed by atoms with Crippen molar-refractivity contribution in [1.29, 1.82) is 0 Å². The lowest BCUT2D eigenvalue weighted by Gasteiger charge is -2.09. The van der Waals surface area contributed by atoms with Crippen molar-refractivity contribution in [3.05, 3.63) is 18.2 Å². The van der Waals surface area contributed by atoms with Gasteiger partial charge in [-0.15, -0.1) is 0 Å². The molecule has 1 unspecified atom stereocenters. The Morgan fingerprint density at radius 2 is 2.54 bits per heavy atom. The minimum atomic E-state index is 0.267. The highest BCUT2D eigenvalue weighted by atomic mass is 16.3. The summed E-state index contributed by atoms with van der Waals surface area (Å²) in [5, 5.41) is 11.9. The van der Waals surface area contributed by atoms with Gasteiger partial charge in [-0.05, 0) is 18.9 Å². The average Bonchev–Trinajstić information content (AvgIpc) is 2.57. The van der Waals surface area contributed by atoms with Gasteiger partial charge in [0.1, 0.15) is 5.82 Å². The molecule has 0 saturated heterocycles. The fourth-order valence-electron chi connectivity index (χ4n) is 1.15. The molecule has 13 heavy (non-hydrogen) atoms. The van der Waals surface area contributed by atoms with Crippen molar-refractivity contribution in [2.75, 3.05) is 13.2 Å². The number of hydrogen-bond acceptors (Lipinski definition) is 3. The molecule has 0 radical (unpaired) electrons. The summed E-state index contributed by atoms with van der Waals surface area (Å²) in [6.07, 6.45) is 4.41. The molecule has 0 saturated carbocycles. The van der Waals surface area contributed by atoms with Crippen LogP contribution in [0.25, 0.3) is 0 Å². The van der Waals surface area contributed by atoms with E-state index in [1.807, 2.05) is 6.20 Å². The molecule has 0 fully saturated rings. The second kappa shape index (κ2) is 5.72. The first-order valence-corrected chi connectivity index (χ1v) is 4.62. The van der Waals surface area contributed by atoms with Crippen LogP contribution in [-0.4, -0.2) is 28.2 Å². The summed E-state index contributed by atoms with van der Waals surface area (Å²) >= 11 is 0. The first-order valence-electron chi connectivity index (χ1n) is 4.62. The van der Waals surface area contributed by atoms with Crippen LogP contribution in [0.1, 0.15) is 19.2 Å². The van der Waals surface area contributed by atoms with Crippen LogP contribution < -0.4 is 5.32 Å². The third-order valence-electron chi connectivity index (χ3n) is 1.96. The molecule has 4 nitrogen and oxygen atoms in total. The van der Waals surface area contributed by atoms with Gasteiger partial charge >= 0.3 is 0 Å². The third kappa shape index (κ3) is 4.05. The Labute approximate surface area is 78.4 Å². The Morgan fingerprint density at radius 1 is 1.69 bits per heavy atom. The lowest BCUT2D eigenvalue weighted by atomic mass is 10.1. The van der Waals surface area contributed by atoms with Crippen LogP contribution in [0.2, 0.25) is 0 Å². The van der Waals surface area contributed by atoms with E-state index >= 15 is 0 Å². The molecule has 1 aromatic heterocycles. The number of aromatic nitrogens is 2. The highest BCUT2D eigenvalue weighted by molar-refractivity contribution is 4.85. The zero-order valence-corrected chi connectivity index (χ0v) is 7.95. The van der Waals surface area contributed by atoms with Crippen LogP contribution in [0.3, 0.4) is 0 Å². The van der Waals surface area contributed by atoms with Crippen molar-refractivity contribution in [2.45, 2.75) is 19.9 Å². The van der Waals surface area contributed by atoms with E-state index in [2.05, 4.69) is 22.2 Å². The Kier molecular flexibility index (Phi) is 4.49. The number of hydrogen-bond donors (Lipinski definition) is 3. The Hall–Kier alpha value is -0.870. The molecule has 3 N–H and O–H groups in total. The largest absolute Gasteiger partial charge is 0.396 e. The second-order valence-corrected chi connectivity index (χ2v) is 3.28. The van der Waals surface area contributed by atoms with Gasteiger partial charge in [0.05, 0.1) is 6.54 Å². The molecule has 4 heteroatoms. The van der Waals surface area contributed by atoms with Crippen LogP contribution in [0, 0.1) is 5.92 Å². The van der Waals surface area contributed by atoms with E-state index in [1.165, 1.54) is 0 Å². The summed E-state index contributed by atoms with van der Waals surface area (Å²) in [5.74, 6) is 1.47. The topological polar surface area (TPSA) is 60.9 Å². The van der Waals surface area contributed by atoms with Crippen LogP contribution >= 0.6 is 0 Å². The zero-order valence-electron chi connectivity index (χ0n) is 7.95. The van der Waals surface area contributed by atoms with Crippen molar-refractivity contribution < 1.29 is 5.11 Å². The Balaban J connectivity index is 2.07. The molecular weight excluding hydrogens is 166 g/mol. The van der Waals surface area contributed by atoms with Gasteiger partial charge in [0, 0.05) is 19.0 Å². The number of rotatable bonds is 6. The SMILES string of the molecule is CC(CCO)CNCc1ncc[nH]1. The monoisotopic (exact) mass is 183 g/mol. The maximum absolute atomic E-state index is 8.67. The predicted octanol–water partition coefficient (Wildman–Crippen LogP) is 0.518. The quantitative estimate of drug-likeness (QED) is 0.602. The highest BCUT2D eigenvalue weighted by Gasteiger charge is 2.00. The highest BCUT2D eigenvalue weighted by Crippen LogP contribution is 1.98. The number of nitrogens with one attached hydrogen (secondary N) is 2. The fraction of sp³-hybridized carbons (Fsp3) is 0.667. The number of H-pyrrole nitrogens is 1. The van der Waals surface area contributed by atoms with Gasteiger partial charge in [-0.1, -0.05) is 6.92 Å². The molecule has 0 spiro atoms. The van der Waals surface area contributed by atoms with Crippen LogP contribution in [0.5, 0.6) is 0 Å². The lowest BCUT2D eigenvalue weighted by Crippen LogP contribution is -2.21. The van der Waals surface area contributed by atoms with Crippen molar-refractivity contribution in [3.8, 4) is 0 Å². The van der Waals surface area contributed by atoms with Crippen molar-refractivity contribution in [1.82, 2.24) is 15.3 Å². The molecule has 74 valence electrons. The number of aromatic amines is 1. The van der Waals surface area contributed by atoms with Crippen molar-refractivity contribution in [2.24, 2.45) is 5.92 Å². The van der Waals surface area contributed by atoms with E-state index in [-0.39, 0.29) is 6.61 Å². The summed E-state index contributed by atoms with van der Waals surface area (Å²) in [6.45, 7) is 4.07. The van der Waals surface area contributed by atoms with E-state index < -0.39 is 0 Å². The molecule has 1 atom stereocenters. The molecule has 0 bridgehead atoms. The van der Waals surface area contributed by atoms with Crippen LogP contribution in [0.15, 0.2) is 12.4 Å². The number of nitrogens with zero attached hydrogens (tertiary/aromatic N) is 1. The first kappa shape index (κ1) is 10.2. The van der Waals surface area contributed by atoms with E-state index in [0.717, 1.165) is 25.3 Å². The maximum atomic E-state index is 8.67. The molecule has 0 aliphatic heterocycles. The summed E-state index contributed by atoms with van der Waals surface area (Å²) in [5.41, 5.74) is 0. The Bertz CT molecular complexity index is 211. The summed E-state index contributed by atoms with van der Waals surface area (Å²) in [7, 11) is 0. The molecule has 0 aliphatic rings. The lowest BCUT2D eigenvalue weighted by molar-refractivity contribution is 0.260. The number of aliphatic hydroxyl groups excluding tert-OH is 1. The predicted molar refractivity (Wildman–Crippen MR) is 51.2 cm³/mol. The van der Waals surface area contributed by atoms with Gasteiger partial charge in [-0.2, -0.15) is 0 Å². The normalized spacial score (nSPS) is 13.1. The Morgan fingerprint density at radius 3 is 3.15 bits per heavy atom. The third-order valence-corrected chi connectivity index (χ3v) is 1.96. The summed E-state index contributed by atoms with van der Waals surface area (Å²) in [4.78, 5) is 7.11. The molecule has 0 amide bonds. The van der Waals surface area contributed by atoms with E-state index in [0.29, 0.717) is 5.92 Å². The van der Waals surface area contributed by atoms with Crippen LogP contribution in [-0.2, 0) is 6.54 Å². The molecule has 0 aliphatic carbocycles.